The molecule has 4 aromatic rings. The Hall–Kier alpha value is -5.90. The topological polar surface area (TPSA) is 169 Å². The van der Waals surface area contributed by atoms with Gasteiger partial charge in [0, 0.05) is 112 Å². The van der Waals surface area contributed by atoms with Gasteiger partial charge < -0.3 is 29.5 Å². The van der Waals surface area contributed by atoms with Crippen molar-refractivity contribution in [3.63, 3.8) is 0 Å². The molecule has 2 bridgehead atoms. The van der Waals surface area contributed by atoms with E-state index in [0.29, 0.717) is 83.2 Å². The van der Waals surface area contributed by atoms with Crippen LogP contribution in [0.15, 0.2) is 48.9 Å². The highest BCUT2D eigenvalue weighted by Gasteiger charge is 2.57. The number of nitrogens with one attached hydrogen (secondary N) is 2. The highest BCUT2D eigenvalue weighted by Crippen LogP contribution is 2.53. The minimum absolute atomic E-state index is 0.148. The minimum Gasteiger partial charge on any atom is -0.366 e. The van der Waals surface area contributed by atoms with Gasteiger partial charge in [0.2, 0.25) is 29.5 Å². The van der Waals surface area contributed by atoms with Gasteiger partial charge in [-0.25, -0.2) is 15.0 Å². The van der Waals surface area contributed by atoms with Crippen LogP contribution in [-0.2, 0) is 29.4 Å². The molecular formula is C59H75N11O5. The van der Waals surface area contributed by atoms with Crippen LogP contribution < -0.4 is 20.4 Å². The second kappa shape index (κ2) is 19.0. The number of carbonyl (C=O) groups is 5. The summed E-state index contributed by atoms with van der Waals surface area (Å²) in [6.45, 7) is 12.7. The van der Waals surface area contributed by atoms with E-state index in [2.05, 4.69) is 79.9 Å². The molecule has 1 aromatic carbocycles. The van der Waals surface area contributed by atoms with E-state index in [0.717, 1.165) is 114 Å². The van der Waals surface area contributed by atoms with E-state index in [1.165, 1.54) is 32.4 Å². The van der Waals surface area contributed by atoms with Gasteiger partial charge in [0.25, 0.3) is 0 Å². The molecule has 16 heteroatoms. The van der Waals surface area contributed by atoms with Crippen molar-refractivity contribution in [2.45, 2.75) is 159 Å². The number of piperidine rings is 5. The van der Waals surface area contributed by atoms with Gasteiger partial charge in [0.1, 0.15) is 11.3 Å². The molecule has 5 amide bonds. The number of rotatable bonds is 11. The fourth-order valence-corrected chi connectivity index (χ4v) is 14.8. The normalized spacial score (nSPS) is 27.8. The number of aromatic nitrogens is 4. The van der Waals surface area contributed by atoms with Crippen molar-refractivity contribution in [3.8, 4) is 11.3 Å². The predicted octanol–water partition coefficient (Wildman–Crippen LogP) is 7.57. The van der Waals surface area contributed by atoms with Crippen LogP contribution in [0.5, 0.6) is 0 Å². The summed E-state index contributed by atoms with van der Waals surface area (Å²) in [5.74, 6) is 3.40. The fraction of sp³-hybridized carbons (Fsp3) is 0.627. The number of pyridine rings is 2. The molecule has 75 heavy (non-hydrogen) atoms. The summed E-state index contributed by atoms with van der Waals surface area (Å²) in [5, 5.41) is 6.15. The Balaban J connectivity index is 0.658. The molecule has 2 N–H and O–H groups in total. The van der Waals surface area contributed by atoms with Crippen molar-refractivity contribution < 1.29 is 24.0 Å². The summed E-state index contributed by atoms with van der Waals surface area (Å²) in [4.78, 5) is 93.9. The molecule has 13 rings (SSSR count). The third-order valence-electron chi connectivity index (χ3n) is 19.8. The van der Waals surface area contributed by atoms with Crippen LogP contribution in [0.4, 0.5) is 17.3 Å². The third kappa shape index (κ3) is 8.88. The predicted molar refractivity (Wildman–Crippen MR) is 287 cm³/mol. The Bertz CT molecular complexity index is 2890. The molecule has 8 fully saturated rings. The summed E-state index contributed by atoms with van der Waals surface area (Å²) in [6.07, 6.45) is 17.7. The SMILES string of the molecule is CC(C)n1cnc2cc(-c3ccc4c(c3)N(C3CC(N5CC6CC[C@@H](C6)C5)C3)C(=O)C43CCN(C(=O)C4(C)CCN(C(=O)CC5CCN(c6ccc([C@H]7CCC(=O)NC7=O)cn6)CC5)CC4)CC3)nc(NC3CC3)c21. The van der Waals surface area contributed by atoms with Crippen LogP contribution in [0, 0.1) is 23.2 Å². The van der Waals surface area contributed by atoms with Gasteiger partial charge in [-0.15, -0.1) is 0 Å². The van der Waals surface area contributed by atoms with Gasteiger partial charge in [-0.3, -0.25) is 34.2 Å². The minimum atomic E-state index is -0.683. The van der Waals surface area contributed by atoms with Crippen LogP contribution in [0.2, 0.25) is 0 Å². The Labute approximate surface area is 440 Å². The standard InChI is InChI=1S/C59H75N11O5/c1-36(2)69-35-61-48-31-47(63-54(53(48)69)62-42-8-9-42)40-6-11-46-49(28-40)70(44-29-43(30-44)68-33-38-4-5-39(26-38)34-68)57(75)59(46)18-24-67(25-19-59)56(74)58(3)16-22-66(23-17-58)52(72)27-37-14-20-65(21-15-37)50-12-7-41(32-60-50)45-10-13-51(71)64-55(45)73/h6-7,11-12,28,31-32,35-39,42-45H,4-5,8-10,13-27,29-30,33-34H2,1-3H3,(H,62,63)(H,64,71,73)/t38-,39?,43?,44?,45+/m0/s1. The number of imide groups is 1. The maximum Gasteiger partial charge on any atom is 0.238 e. The quantitative estimate of drug-likeness (QED) is 0.142. The number of hydrogen-bond donors (Lipinski definition) is 2. The largest absolute Gasteiger partial charge is 0.366 e. The summed E-state index contributed by atoms with van der Waals surface area (Å²) < 4.78 is 2.20. The smallest absolute Gasteiger partial charge is 0.238 e. The molecule has 3 atom stereocenters. The zero-order valence-electron chi connectivity index (χ0n) is 44.3. The first-order chi connectivity index (χ1) is 36.3. The first-order valence-corrected chi connectivity index (χ1v) is 28.8. The van der Waals surface area contributed by atoms with E-state index < -0.39 is 10.8 Å². The molecule has 1 spiro atoms. The highest BCUT2D eigenvalue weighted by molar-refractivity contribution is 6.09. The van der Waals surface area contributed by atoms with Gasteiger partial charge >= 0.3 is 0 Å². The van der Waals surface area contributed by atoms with Crippen LogP contribution in [0.25, 0.3) is 22.3 Å². The first-order valence-electron chi connectivity index (χ1n) is 28.8. The lowest BCUT2D eigenvalue weighted by Crippen LogP contribution is -2.59. The molecule has 5 saturated heterocycles. The van der Waals surface area contributed by atoms with E-state index in [-0.39, 0.29) is 53.5 Å². The number of amides is 5. The number of fused-ring (bicyclic) bond motifs is 5. The van der Waals surface area contributed by atoms with Gasteiger partial charge in [-0.2, -0.15) is 0 Å². The van der Waals surface area contributed by atoms with Crippen molar-refractivity contribution in [3.05, 3.63) is 60.0 Å². The maximum atomic E-state index is 15.4. The number of imidazole rings is 1. The van der Waals surface area contributed by atoms with Crippen molar-refractivity contribution >= 4 is 57.9 Å². The molecule has 3 aliphatic carbocycles. The van der Waals surface area contributed by atoms with Crippen molar-refractivity contribution in [1.29, 1.82) is 0 Å². The molecule has 16 nitrogen and oxygen atoms in total. The Kier molecular flexibility index (Phi) is 12.3. The second-order valence-corrected chi connectivity index (χ2v) is 25.0. The van der Waals surface area contributed by atoms with Gasteiger partial charge in [0.05, 0.1) is 28.9 Å². The number of carbonyl (C=O) groups excluding carboxylic acids is 5. The molecular weight excluding hydrogens is 943 g/mol. The van der Waals surface area contributed by atoms with E-state index in [4.69, 9.17) is 9.97 Å². The summed E-state index contributed by atoms with van der Waals surface area (Å²) in [6, 6.07) is 14.0. The number of hydrogen-bond acceptors (Lipinski definition) is 11. The van der Waals surface area contributed by atoms with Gasteiger partial charge in [-0.05, 0) is 151 Å². The van der Waals surface area contributed by atoms with Crippen LogP contribution in [0.1, 0.15) is 147 Å². The number of nitrogens with zero attached hydrogens (tertiary/aromatic N) is 9. The monoisotopic (exact) mass is 1020 g/mol. The van der Waals surface area contributed by atoms with E-state index in [1.807, 2.05) is 28.3 Å². The third-order valence-corrected chi connectivity index (χ3v) is 19.8. The average molecular weight is 1020 g/mol. The molecule has 3 aromatic heterocycles. The maximum absolute atomic E-state index is 15.4. The van der Waals surface area contributed by atoms with Gasteiger partial charge in [0.15, 0.2) is 5.82 Å². The Morgan fingerprint density at radius 3 is 2.21 bits per heavy atom. The molecule has 396 valence electrons. The zero-order chi connectivity index (χ0) is 51.3. The first kappa shape index (κ1) is 48.7. The van der Waals surface area contributed by atoms with E-state index in [1.54, 1.807) is 6.20 Å². The lowest BCUT2D eigenvalue weighted by molar-refractivity contribution is -0.149. The van der Waals surface area contributed by atoms with Crippen molar-refractivity contribution in [2.75, 3.05) is 67.5 Å². The number of likely N-dealkylation sites (tertiary alicyclic amines) is 3. The van der Waals surface area contributed by atoms with Crippen LogP contribution >= 0.6 is 0 Å². The van der Waals surface area contributed by atoms with Gasteiger partial charge in [-0.1, -0.05) is 25.1 Å². The molecule has 9 aliphatic rings. The molecule has 9 heterocycles. The van der Waals surface area contributed by atoms with Crippen molar-refractivity contribution in [1.82, 2.24) is 39.5 Å². The van der Waals surface area contributed by atoms with E-state index >= 15 is 4.79 Å². The number of benzene rings is 1. The van der Waals surface area contributed by atoms with Crippen molar-refractivity contribution in [2.24, 2.45) is 23.2 Å². The van der Waals surface area contributed by atoms with Crippen LogP contribution in [0.3, 0.4) is 0 Å². The van der Waals surface area contributed by atoms with E-state index in [9.17, 15) is 19.2 Å². The zero-order valence-corrected chi connectivity index (χ0v) is 44.3. The lowest BCUT2D eigenvalue weighted by Gasteiger charge is -2.49. The van der Waals surface area contributed by atoms with Crippen LogP contribution in [-0.4, -0.2) is 134 Å². The Morgan fingerprint density at radius 2 is 1.53 bits per heavy atom. The molecule has 6 aliphatic heterocycles. The second-order valence-electron chi connectivity index (χ2n) is 25.0. The Morgan fingerprint density at radius 1 is 0.800 bits per heavy atom. The lowest BCUT2D eigenvalue weighted by atomic mass is 9.72. The highest BCUT2D eigenvalue weighted by atomic mass is 16.2. The molecule has 0 radical (unpaired) electrons. The molecule has 1 unspecified atom stereocenters. The summed E-state index contributed by atoms with van der Waals surface area (Å²) in [5.41, 5.74) is 5.52. The summed E-state index contributed by atoms with van der Waals surface area (Å²) >= 11 is 0. The molecule has 3 saturated carbocycles. The average Bonchev–Trinajstić information content (AvgIpc) is 3.94. The number of anilines is 3. The fourth-order valence-electron chi connectivity index (χ4n) is 14.8. The summed E-state index contributed by atoms with van der Waals surface area (Å²) in [7, 11) is 0.